The van der Waals surface area contributed by atoms with Crippen LogP contribution in [0.25, 0.3) is 0 Å². The highest BCUT2D eigenvalue weighted by Crippen LogP contribution is 2.22. The average Bonchev–Trinajstić information content (AvgIpc) is 3.52. The molecule has 5 rings (SSSR count). The Bertz CT molecular complexity index is 1440. The van der Waals surface area contributed by atoms with Crippen LogP contribution in [0.4, 0.5) is 17.1 Å². The van der Waals surface area contributed by atoms with Gasteiger partial charge in [0.25, 0.3) is 11.8 Å². The van der Waals surface area contributed by atoms with Gasteiger partial charge in [-0.3, -0.25) is 14.4 Å². The molecule has 1 aromatic heterocycles. The number of hydrogen-bond donors (Lipinski definition) is 3. The number of nitrogens with one attached hydrogen (secondary N) is 2. The van der Waals surface area contributed by atoms with E-state index in [0.717, 1.165) is 31.6 Å². The van der Waals surface area contributed by atoms with Crippen molar-refractivity contribution < 1.29 is 19.5 Å². The maximum Gasteiger partial charge on any atom is 0.259 e. The normalized spacial score (nSPS) is 13.6. The smallest absolute Gasteiger partial charge is 0.259 e. The third-order valence-electron chi connectivity index (χ3n) is 7.03. The Morgan fingerprint density at radius 3 is 2.00 bits per heavy atom. The number of carbonyl (C=O) groups excluding carboxylic acids is 3. The van der Waals surface area contributed by atoms with E-state index < -0.39 is 0 Å². The van der Waals surface area contributed by atoms with Gasteiger partial charge in [-0.15, -0.1) is 0 Å². The lowest BCUT2D eigenvalue weighted by atomic mass is 10.0. The Balaban J connectivity index is 1.18. The Hall–Kier alpha value is -4.69. The van der Waals surface area contributed by atoms with Crippen molar-refractivity contribution in [2.24, 2.45) is 0 Å². The number of H-pyrrole nitrogens is 1. The fourth-order valence-corrected chi connectivity index (χ4v) is 4.63. The summed E-state index contributed by atoms with van der Waals surface area (Å²) in [6.07, 6.45) is 4.61. The second kappa shape index (κ2) is 11.4. The first kappa shape index (κ1) is 25.9. The number of aromatic amines is 1. The number of hydrogen-bond acceptors (Lipinski definition) is 5. The Morgan fingerprint density at radius 1 is 0.821 bits per heavy atom. The highest BCUT2D eigenvalue weighted by Gasteiger charge is 2.18. The van der Waals surface area contributed by atoms with Crippen LogP contribution in [0.2, 0.25) is 0 Å². The molecule has 8 heteroatoms. The summed E-state index contributed by atoms with van der Waals surface area (Å²) in [4.78, 5) is 44.9. The molecule has 39 heavy (non-hydrogen) atoms. The van der Waals surface area contributed by atoms with Gasteiger partial charge in [-0.2, -0.15) is 0 Å². The number of rotatable bonds is 7. The second-order valence-corrected chi connectivity index (χ2v) is 9.64. The van der Waals surface area contributed by atoms with Crippen LogP contribution in [-0.2, 0) is 0 Å². The molecule has 1 saturated heterocycles. The van der Waals surface area contributed by atoms with Gasteiger partial charge < -0.3 is 25.2 Å². The van der Waals surface area contributed by atoms with Gasteiger partial charge in [0.05, 0.1) is 11.7 Å². The molecule has 0 aliphatic carbocycles. The monoisotopic (exact) mass is 522 g/mol. The zero-order valence-corrected chi connectivity index (χ0v) is 21.6. The lowest BCUT2D eigenvalue weighted by Gasteiger charge is -2.31. The number of aliphatic hydroxyl groups excluding tert-OH is 1. The molecule has 0 bridgehead atoms. The van der Waals surface area contributed by atoms with E-state index in [0.29, 0.717) is 33.6 Å². The van der Waals surface area contributed by atoms with Crippen molar-refractivity contribution >= 4 is 34.7 Å². The molecule has 0 saturated carbocycles. The topological polar surface area (TPSA) is 106 Å². The first-order chi connectivity index (χ1) is 18.9. The van der Waals surface area contributed by atoms with Crippen LogP contribution in [0.1, 0.15) is 49.5 Å². The zero-order valence-electron chi connectivity index (χ0n) is 21.6. The summed E-state index contributed by atoms with van der Waals surface area (Å²) in [6.45, 7) is 1.60. The van der Waals surface area contributed by atoms with Gasteiger partial charge in [0, 0.05) is 66.3 Å². The number of aliphatic hydroxyl groups is 1. The molecule has 1 fully saturated rings. The predicted molar refractivity (Wildman–Crippen MR) is 152 cm³/mol. The van der Waals surface area contributed by atoms with E-state index in [4.69, 9.17) is 0 Å². The second-order valence-electron chi connectivity index (χ2n) is 9.64. The van der Waals surface area contributed by atoms with E-state index in [-0.39, 0.29) is 23.7 Å². The summed E-state index contributed by atoms with van der Waals surface area (Å²) in [6, 6.07) is 22.8. The third kappa shape index (κ3) is 5.91. The summed E-state index contributed by atoms with van der Waals surface area (Å²) in [7, 11) is 1.69. The van der Waals surface area contributed by atoms with Crippen molar-refractivity contribution in [1.82, 2.24) is 4.98 Å². The summed E-state index contributed by atoms with van der Waals surface area (Å²) < 4.78 is 0. The molecule has 2 heterocycles. The molecular weight excluding hydrogens is 492 g/mol. The summed E-state index contributed by atoms with van der Waals surface area (Å²) in [5.74, 6) is -0.532. The molecule has 0 spiro atoms. The molecule has 0 radical (unpaired) electrons. The summed E-state index contributed by atoms with van der Waals surface area (Å²) >= 11 is 0. The third-order valence-corrected chi connectivity index (χ3v) is 7.03. The fourth-order valence-electron chi connectivity index (χ4n) is 4.63. The van der Waals surface area contributed by atoms with Crippen molar-refractivity contribution in [3.8, 4) is 0 Å². The number of anilines is 3. The van der Waals surface area contributed by atoms with Gasteiger partial charge in [0.1, 0.15) is 0 Å². The van der Waals surface area contributed by atoms with Crippen LogP contribution in [0.3, 0.4) is 0 Å². The van der Waals surface area contributed by atoms with Crippen LogP contribution >= 0.6 is 0 Å². The molecule has 1 aliphatic rings. The first-order valence-electron chi connectivity index (χ1n) is 12.9. The lowest BCUT2D eigenvalue weighted by Crippen LogP contribution is -2.35. The van der Waals surface area contributed by atoms with Crippen molar-refractivity contribution in [3.63, 3.8) is 0 Å². The highest BCUT2D eigenvalue weighted by molar-refractivity contribution is 6.10. The van der Waals surface area contributed by atoms with Gasteiger partial charge in [0.15, 0.2) is 5.78 Å². The standard InChI is InChI=1S/C31H30N4O4/c1-34(31(39)24-14-17-32-20-24)26-10-4-22(5-11-26)29(37)21-2-8-25(9-3-21)33-30(38)23-6-12-27(13-7-23)35-18-15-28(36)16-19-35/h2-14,17,20,28,32,36H,15-16,18-19H2,1H3,(H,33,38). The van der Waals surface area contributed by atoms with Gasteiger partial charge in [0.2, 0.25) is 0 Å². The maximum atomic E-state index is 13.0. The molecule has 4 aromatic rings. The quantitative estimate of drug-likeness (QED) is 0.304. The number of carbonyl (C=O) groups is 3. The molecule has 3 aromatic carbocycles. The predicted octanol–water partition coefficient (Wildman–Crippen LogP) is 4.74. The molecule has 2 amide bonds. The first-order valence-corrected chi connectivity index (χ1v) is 12.9. The Labute approximate surface area is 226 Å². The molecule has 8 nitrogen and oxygen atoms in total. The SMILES string of the molecule is CN(C(=O)c1cc[nH]c1)c1ccc(C(=O)c2ccc(NC(=O)c3ccc(N4CCC(O)CC4)cc3)cc2)cc1. The van der Waals surface area contributed by atoms with Crippen molar-refractivity contribution in [2.75, 3.05) is 35.3 Å². The number of piperidine rings is 1. The maximum absolute atomic E-state index is 13.0. The number of ketones is 1. The Kier molecular flexibility index (Phi) is 7.56. The number of aromatic nitrogens is 1. The minimum Gasteiger partial charge on any atom is -0.393 e. The van der Waals surface area contributed by atoms with Crippen LogP contribution in [0.15, 0.2) is 91.3 Å². The van der Waals surface area contributed by atoms with Crippen LogP contribution in [0.5, 0.6) is 0 Å². The Morgan fingerprint density at radius 2 is 1.41 bits per heavy atom. The molecule has 198 valence electrons. The molecule has 0 atom stereocenters. The van der Waals surface area contributed by atoms with E-state index in [9.17, 15) is 19.5 Å². The molecule has 3 N–H and O–H groups in total. The van der Waals surface area contributed by atoms with Crippen LogP contribution in [0, 0.1) is 0 Å². The van der Waals surface area contributed by atoms with E-state index in [1.165, 1.54) is 4.90 Å². The number of nitrogens with zero attached hydrogens (tertiary/aromatic N) is 2. The van der Waals surface area contributed by atoms with Gasteiger partial charge in [-0.25, -0.2) is 0 Å². The number of benzene rings is 3. The summed E-state index contributed by atoms with van der Waals surface area (Å²) in [5.41, 5.74) is 4.39. The highest BCUT2D eigenvalue weighted by atomic mass is 16.3. The molecule has 0 unspecified atom stereocenters. The van der Waals surface area contributed by atoms with E-state index >= 15 is 0 Å². The zero-order chi connectivity index (χ0) is 27.4. The molecular formula is C31H30N4O4. The molecule has 1 aliphatic heterocycles. The van der Waals surface area contributed by atoms with E-state index in [2.05, 4.69) is 15.2 Å². The van der Waals surface area contributed by atoms with E-state index in [1.807, 2.05) is 12.1 Å². The van der Waals surface area contributed by atoms with Gasteiger partial charge in [-0.05, 0) is 91.7 Å². The van der Waals surface area contributed by atoms with Gasteiger partial charge in [-0.1, -0.05) is 0 Å². The van der Waals surface area contributed by atoms with Crippen molar-refractivity contribution in [3.05, 3.63) is 114 Å². The van der Waals surface area contributed by atoms with E-state index in [1.54, 1.807) is 86.2 Å². The van der Waals surface area contributed by atoms with Gasteiger partial charge >= 0.3 is 0 Å². The number of amides is 2. The van der Waals surface area contributed by atoms with Crippen LogP contribution in [-0.4, -0.2) is 53.9 Å². The van der Waals surface area contributed by atoms with Crippen molar-refractivity contribution in [1.29, 1.82) is 0 Å². The minimum absolute atomic E-state index is 0.147. The van der Waals surface area contributed by atoms with Crippen LogP contribution < -0.4 is 15.1 Å². The fraction of sp³-hybridized carbons (Fsp3) is 0.194. The van der Waals surface area contributed by atoms with Crippen molar-refractivity contribution in [2.45, 2.75) is 18.9 Å². The minimum atomic E-state index is -0.233. The summed E-state index contributed by atoms with van der Waals surface area (Å²) in [5, 5.41) is 12.6. The largest absolute Gasteiger partial charge is 0.393 e. The lowest BCUT2D eigenvalue weighted by molar-refractivity contribution is 0.0990. The average molecular weight is 523 g/mol.